The van der Waals surface area contributed by atoms with Gasteiger partial charge in [-0.2, -0.15) is 0 Å². The molecule has 0 amide bonds. The molecule has 0 radical (unpaired) electrons. The number of guanidine groups is 1. The van der Waals surface area contributed by atoms with Crippen LogP contribution in [0.1, 0.15) is 37.8 Å². The zero-order valence-corrected chi connectivity index (χ0v) is 20.6. The number of nitrogens with zero attached hydrogens (tertiary/aromatic N) is 2. The Morgan fingerprint density at radius 2 is 1.93 bits per heavy atom. The third-order valence-corrected chi connectivity index (χ3v) is 5.03. The number of ether oxygens (including phenoxy) is 2. The van der Waals surface area contributed by atoms with Crippen LogP contribution in [0.5, 0.6) is 0 Å². The lowest BCUT2D eigenvalue weighted by atomic mass is 10.0. The minimum Gasteiger partial charge on any atom is -0.381 e. The summed E-state index contributed by atoms with van der Waals surface area (Å²) in [6, 6.07) is 10.8. The Morgan fingerprint density at radius 1 is 1.21 bits per heavy atom. The van der Waals surface area contributed by atoms with Gasteiger partial charge >= 0.3 is 0 Å². The zero-order chi connectivity index (χ0) is 20.0. The molecule has 1 saturated heterocycles. The molecule has 2 N–H and O–H groups in total. The summed E-state index contributed by atoms with van der Waals surface area (Å²) in [4.78, 5) is 7.02. The van der Waals surface area contributed by atoms with Crippen LogP contribution in [0, 0.1) is 5.92 Å². The molecule has 1 aromatic rings. The molecule has 1 unspecified atom stereocenters. The van der Waals surface area contributed by atoms with Gasteiger partial charge in [0.15, 0.2) is 5.96 Å². The summed E-state index contributed by atoms with van der Waals surface area (Å²) in [5.41, 5.74) is 1.29. The lowest BCUT2D eigenvalue weighted by molar-refractivity contribution is 0.0203. The van der Waals surface area contributed by atoms with Crippen molar-refractivity contribution in [3.05, 3.63) is 35.9 Å². The standard InChI is InChI=1S/C22H38N4O2.HI/c1-4-23-22(24-13-8-14-28-18-19-11-15-27-16-12-19)25-17-21(26(2)3)20-9-6-5-7-10-20;/h5-7,9-10,19,21H,4,8,11-18H2,1-3H3,(H2,23,24,25);1H. The maximum Gasteiger partial charge on any atom is 0.191 e. The molecule has 0 saturated carbocycles. The fourth-order valence-electron chi connectivity index (χ4n) is 3.31. The van der Waals surface area contributed by atoms with Crippen molar-refractivity contribution in [3.8, 4) is 0 Å². The summed E-state index contributed by atoms with van der Waals surface area (Å²) < 4.78 is 11.2. The van der Waals surface area contributed by atoms with E-state index < -0.39 is 0 Å². The number of hydrogen-bond donors (Lipinski definition) is 2. The summed E-state index contributed by atoms with van der Waals surface area (Å²) >= 11 is 0. The fraction of sp³-hybridized carbons (Fsp3) is 0.682. The van der Waals surface area contributed by atoms with Gasteiger partial charge in [0.25, 0.3) is 0 Å². The lowest BCUT2D eigenvalue weighted by Gasteiger charge is -2.23. The molecule has 6 nitrogen and oxygen atoms in total. The average Bonchev–Trinajstić information content (AvgIpc) is 2.72. The molecule has 0 bridgehead atoms. The van der Waals surface area contributed by atoms with E-state index in [1.165, 1.54) is 5.56 Å². The molecule has 1 heterocycles. The van der Waals surface area contributed by atoms with Crippen LogP contribution in [0.2, 0.25) is 0 Å². The van der Waals surface area contributed by atoms with Crippen LogP contribution >= 0.6 is 24.0 Å². The summed E-state index contributed by atoms with van der Waals surface area (Å²) in [5.74, 6) is 1.54. The molecule has 1 fully saturated rings. The highest BCUT2D eigenvalue weighted by Crippen LogP contribution is 2.18. The van der Waals surface area contributed by atoms with Crippen LogP contribution in [0.25, 0.3) is 0 Å². The minimum absolute atomic E-state index is 0. The van der Waals surface area contributed by atoms with Crippen LogP contribution in [0.15, 0.2) is 35.3 Å². The van der Waals surface area contributed by atoms with Crippen molar-refractivity contribution in [2.75, 3.05) is 60.2 Å². The van der Waals surface area contributed by atoms with Gasteiger partial charge in [0.05, 0.1) is 12.6 Å². The van der Waals surface area contributed by atoms with E-state index in [1.807, 2.05) is 0 Å². The molecule has 1 aliphatic heterocycles. The van der Waals surface area contributed by atoms with Crippen LogP contribution in [-0.2, 0) is 9.47 Å². The first-order chi connectivity index (χ1) is 13.7. The quantitative estimate of drug-likeness (QED) is 0.204. The number of benzene rings is 1. The Hall–Kier alpha value is -0.900. The van der Waals surface area contributed by atoms with Gasteiger partial charge in [-0.05, 0) is 51.8 Å². The van der Waals surface area contributed by atoms with E-state index in [9.17, 15) is 0 Å². The highest BCUT2D eigenvalue weighted by molar-refractivity contribution is 14.0. The monoisotopic (exact) mass is 518 g/mol. The Labute approximate surface area is 193 Å². The van der Waals surface area contributed by atoms with Crippen molar-refractivity contribution in [1.82, 2.24) is 15.5 Å². The van der Waals surface area contributed by atoms with Gasteiger partial charge < -0.3 is 25.0 Å². The smallest absolute Gasteiger partial charge is 0.191 e. The Morgan fingerprint density at radius 3 is 2.59 bits per heavy atom. The number of hydrogen-bond acceptors (Lipinski definition) is 4. The van der Waals surface area contributed by atoms with Crippen molar-refractivity contribution in [1.29, 1.82) is 0 Å². The minimum atomic E-state index is 0. The Bertz CT molecular complexity index is 551. The maximum atomic E-state index is 5.84. The molecule has 0 spiro atoms. The molecule has 0 aliphatic carbocycles. The van der Waals surface area contributed by atoms with Crippen LogP contribution in [0.4, 0.5) is 0 Å². The Balaban J connectivity index is 0.00000420. The molecule has 7 heteroatoms. The molecule has 1 aromatic carbocycles. The van der Waals surface area contributed by atoms with E-state index in [0.717, 1.165) is 64.7 Å². The predicted molar refractivity (Wildman–Crippen MR) is 131 cm³/mol. The highest BCUT2D eigenvalue weighted by atomic mass is 127. The second kappa shape index (κ2) is 15.9. The van der Waals surface area contributed by atoms with E-state index in [-0.39, 0.29) is 30.0 Å². The van der Waals surface area contributed by atoms with E-state index in [2.05, 4.69) is 66.9 Å². The highest BCUT2D eigenvalue weighted by Gasteiger charge is 2.14. The van der Waals surface area contributed by atoms with Gasteiger partial charge in [-0.15, -0.1) is 24.0 Å². The molecular formula is C22H39IN4O2. The first-order valence-corrected chi connectivity index (χ1v) is 10.6. The normalized spacial score (nSPS) is 16.3. The first kappa shape index (κ1) is 26.1. The number of nitrogens with one attached hydrogen (secondary N) is 2. The first-order valence-electron chi connectivity index (χ1n) is 10.6. The van der Waals surface area contributed by atoms with Crippen LogP contribution in [0.3, 0.4) is 0 Å². The second-order valence-electron chi connectivity index (χ2n) is 7.52. The van der Waals surface area contributed by atoms with E-state index in [0.29, 0.717) is 12.5 Å². The summed E-state index contributed by atoms with van der Waals surface area (Å²) in [6.07, 6.45) is 3.23. The van der Waals surface area contributed by atoms with Crippen molar-refractivity contribution < 1.29 is 9.47 Å². The molecule has 29 heavy (non-hydrogen) atoms. The second-order valence-corrected chi connectivity index (χ2v) is 7.52. The lowest BCUT2D eigenvalue weighted by Crippen LogP contribution is -2.38. The topological polar surface area (TPSA) is 58.1 Å². The van der Waals surface area contributed by atoms with Gasteiger partial charge in [-0.1, -0.05) is 30.3 Å². The van der Waals surface area contributed by atoms with E-state index in [1.54, 1.807) is 0 Å². The summed E-state index contributed by atoms with van der Waals surface area (Å²) in [6.45, 7) is 7.93. The third kappa shape index (κ3) is 10.6. The molecule has 166 valence electrons. The maximum absolute atomic E-state index is 5.84. The van der Waals surface area contributed by atoms with Gasteiger partial charge in [-0.25, -0.2) is 0 Å². The SMILES string of the molecule is CCNC(=NCC(c1ccccc1)N(C)C)NCCCOCC1CCOCC1.I. The molecule has 1 atom stereocenters. The van der Waals surface area contributed by atoms with Gasteiger partial charge in [-0.3, -0.25) is 4.99 Å². The van der Waals surface area contributed by atoms with Crippen molar-refractivity contribution in [2.45, 2.75) is 32.2 Å². The van der Waals surface area contributed by atoms with Gasteiger partial charge in [0.1, 0.15) is 0 Å². The molecule has 2 rings (SSSR count). The predicted octanol–water partition coefficient (Wildman–Crippen LogP) is 3.30. The number of likely N-dealkylation sites (N-methyl/N-ethyl adjacent to an activating group) is 1. The van der Waals surface area contributed by atoms with Crippen LogP contribution < -0.4 is 10.6 Å². The fourth-order valence-corrected chi connectivity index (χ4v) is 3.31. The zero-order valence-electron chi connectivity index (χ0n) is 18.2. The van der Waals surface area contributed by atoms with Crippen LogP contribution in [-0.4, -0.2) is 71.0 Å². The summed E-state index contributed by atoms with van der Waals surface area (Å²) in [7, 11) is 4.20. The van der Waals surface area contributed by atoms with E-state index in [4.69, 9.17) is 14.5 Å². The number of halogens is 1. The van der Waals surface area contributed by atoms with E-state index >= 15 is 0 Å². The van der Waals surface area contributed by atoms with Crippen molar-refractivity contribution in [2.24, 2.45) is 10.9 Å². The molecular weight excluding hydrogens is 479 g/mol. The average molecular weight is 518 g/mol. The largest absolute Gasteiger partial charge is 0.381 e. The van der Waals surface area contributed by atoms with Crippen molar-refractivity contribution >= 4 is 29.9 Å². The Kier molecular flexibility index (Phi) is 14.3. The van der Waals surface area contributed by atoms with Gasteiger partial charge in [0.2, 0.25) is 0 Å². The third-order valence-electron chi connectivity index (χ3n) is 5.03. The molecule has 0 aromatic heterocycles. The van der Waals surface area contributed by atoms with Gasteiger partial charge in [0, 0.05) is 39.5 Å². The number of aliphatic imine (C=N–C) groups is 1. The molecule has 1 aliphatic rings. The summed E-state index contributed by atoms with van der Waals surface area (Å²) in [5, 5.41) is 6.76. The number of rotatable bonds is 11. The van der Waals surface area contributed by atoms with Crippen molar-refractivity contribution in [3.63, 3.8) is 0 Å².